The monoisotopic (exact) mass is 268 g/mol. The van der Waals surface area contributed by atoms with Crippen molar-refractivity contribution in [1.82, 2.24) is 4.72 Å². The predicted molar refractivity (Wildman–Crippen MR) is 72.6 cm³/mol. The molecular weight excluding hydrogens is 248 g/mol. The molecule has 0 spiro atoms. The summed E-state index contributed by atoms with van der Waals surface area (Å²) in [4.78, 5) is 0.250. The Balaban J connectivity index is 2.16. The molecule has 1 aliphatic carbocycles. The van der Waals surface area contributed by atoms with Crippen LogP contribution in [0.1, 0.15) is 32.6 Å². The first-order valence-corrected chi connectivity index (χ1v) is 7.85. The highest BCUT2D eigenvalue weighted by Gasteiger charge is 2.26. The largest absolute Gasteiger partial charge is 0.399 e. The number of rotatable bonds is 3. The van der Waals surface area contributed by atoms with E-state index in [0.717, 1.165) is 19.3 Å². The Morgan fingerprint density at radius 2 is 2.00 bits per heavy atom. The van der Waals surface area contributed by atoms with Crippen LogP contribution in [0.15, 0.2) is 29.2 Å². The number of sulfonamides is 1. The van der Waals surface area contributed by atoms with E-state index in [2.05, 4.69) is 11.6 Å². The Hall–Kier alpha value is -1.07. The molecule has 1 aromatic carbocycles. The summed E-state index contributed by atoms with van der Waals surface area (Å²) in [5.74, 6) is 0.398. The fourth-order valence-corrected chi connectivity index (χ4v) is 3.87. The molecule has 1 aliphatic rings. The summed E-state index contributed by atoms with van der Waals surface area (Å²) in [6, 6.07) is 6.46. The Morgan fingerprint density at radius 3 is 2.67 bits per heavy atom. The van der Waals surface area contributed by atoms with E-state index >= 15 is 0 Å². The Morgan fingerprint density at radius 1 is 1.28 bits per heavy atom. The fourth-order valence-electron chi connectivity index (χ4n) is 2.44. The second-order valence-corrected chi connectivity index (χ2v) is 6.78. The molecule has 0 amide bonds. The number of nitrogens with two attached hydrogens (primary N) is 1. The third-order valence-corrected chi connectivity index (χ3v) is 5.07. The third kappa shape index (κ3) is 3.03. The minimum absolute atomic E-state index is 0.0465. The van der Waals surface area contributed by atoms with Crippen molar-refractivity contribution in [2.45, 2.75) is 43.5 Å². The van der Waals surface area contributed by atoms with Gasteiger partial charge in [-0.15, -0.1) is 0 Å². The number of nitrogens with one attached hydrogen (secondary N) is 1. The van der Waals surface area contributed by atoms with Crippen LogP contribution in [0.4, 0.5) is 5.69 Å². The standard InChI is InChI=1S/C13H20N2O2S/c1-10-5-2-3-8-13(10)15-18(16,17)12-7-4-6-11(14)9-12/h4,6-7,9-10,13,15H,2-3,5,8,14H2,1H3/t10-,13-/m0/s1. The van der Waals surface area contributed by atoms with E-state index in [1.54, 1.807) is 18.2 Å². The molecule has 2 rings (SSSR count). The highest BCUT2D eigenvalue weighted by Crippen LogP contribution is 2.25. The molecule has 18 heavy (non-hydrogen) atoms. The van der Waals surface area contributed by atoms with Crippen molar-refractivity contribution in [3.63, 3.8) is 0 Å². The van der Waals surface area contributed by atoms with Crippen molar-refractivity contribution in [2.24, 2.45) is 5.92 Å². The fraction of sp³-hybridized carbons (Fsp3) is 0.538. The molecule has 3 N–H and O–H groups in total. The lowest BCUT2D eigenvalue weighted by Gasteiger charge is -2.29. The molecule has 1 saturated carbocycles. The van der Waals surface area contributed by atoms with Crippen LogP contribution >= 0.6 is 0 Å². The van der Waals surface area contributed by atoms with Gasteiger partial charge in [-0.3, -0.25) is 0 Å². The summed E-state index contributed by atoms with van der Waals surface area (Å²) < 4.78 is 27.3. The van der Waals surface area contributed by atoms with Gasteiger partial charge in [0, 0.05) is 11.7 Å². The molecule has 0 unspecified atom stereocenters. The molecule has 2 atom stereocenters. The van der Waals surface area contributed by atoms with Gasteiger partial charge in [0.15, 0.2) is 0 Å². The molecule has 100 valence electrons. The lowest BCUT2D eigenvalue weighted by molar-refractivity contribution is 0.310. The summed E-state index contributed by atoms with van der Waals surface area (Å²) in [6.45, 7) is 2.10. The zero-order valence-electron chi connectivity index (χ0n) is 10.6. The number of hydrogen-bond donors (Lipinski definition) is 2. The van der Waals surface area contributed by atoms with Crippen molar-refractivity contribution < 1.29 is 8.42 Å². The zero-order valence-corrected chi connectivity index (χ0v) is 11.4. The van der Waals surface area contributed by atoms with Crippen LogP contribution < -0.4 is 10.5 Å². The van der Waals surface area contributed by atoms with Crippen molar-refractivity contribution >= 4 is 15.7 Å². The van der Waals surface area contributed by atoms with E-state index < -0.39 is 10.0 Å². The molecule has 1 aromatic rings. The van der Waals surface area contributed by atoms with E-state index in [0.29, 0.717) is 11.6 Å². The van der Waals surface area contributed by atoms with Crippen LogP contribution in [0.3, 0.4) is 0 Å². The van der Waals surface area contributed by atoms with Gasteiger partial charge in [0.1, 0.15) is 0 Å². The van der Waals surface area contributed by atoms with Crippen LogP contribution in [0.25, 0.3) is 0 Å². The maximum atomic E-state index is 12.2. The zero-order chi connectivity index (χ0) is 13.2. The van der Waals surface area contributed by atoms with E-state index in [1.807, 2.05) is 0 Å². The molecule has 0 aromatic heterocycles. The minimum atomic E-state index is -3.45. The van der Waals surface area contributed by atoms with E-state index in [4.69, 9.17) is 5.73 Å². The summed E-state index contributed by atoms with van der Waals surface area (Å²) in [7, 11) is -3.45. The maximum Gasteiger partial charge on any atom is 0.240 e. The first-order chi connectivity index (χ1) is 8.49. The molecular formula is C13H20N2O2S. The van der Waals surface area contributed by atoms with Crippen molar-refractivity contribution in [3.8, 4) is 0 Å². The lowest BCUT2D eigenvalue weighted by Crippen LogP contribution is -2.40. The predicted octanol–water partition coefficient (Wildman–Crippen LogP) is 2.13. The van der Waals surface area contributed by atoms with Gasteiger partial charge in [-0.25, -0.2) is 13.1 Å². The number of hydrogen-bond acceptors (Lipinski definition) is 3. The summed E-state index contributed by atoms with van der Waals surface area (Å²) >= 11 is 0. The molecule has 0 radical (unpaired) electrons. The first-order valence-electron chi connectivity index (χ1n) is 6.37. The van der Waals surface area contributed by atoms with E-state index in [1.165, 1.54) is 12.5 Å². The van der Waals surface area contributed by atoms with Gasteiger partial charge in [0.25, 0.3) is 0 Å². The van der Waals surface area contributed by atoms with Gasteiger partial charge in [-0.05, 0) is 37.0 Å². The van der Waals surface area contributed by atoms with Crippen LogP contribution in [0.5, 0.6) is 0 Å². The van der Waals surface area contributed by atoms with Crippen molar-refractivity contribution in [1.29, 1.82) is 0 Å². The smallest absolute Gasteiger partial charge is 0.240 e. The molecule has 1 fully saturated rings. The number of nitrogen functional groups attached to an aromatic ring is 1. The van der Waals surface area contributed by atoms with Gasteiger partial charge in [0.2, 0.25) is 10.0 Å². The van der Waals surface area contributed by atoms with Gasteiger partial charge < -0.3 is 5.73 Å². The van der Waals surface area contributed by atoms with E-state index in [9.17, 15) is 8.42 Å². The van der Waals surface area contributed by atoms with Crippen LogP contribution in [-0.2, 0) is 10.0 Å². The van der Waals surface area contributed by atoms with Crippen LogP contribution in [0, 0.1) is 5.92 Å². The highest BCUT2D eigenvalue weighted by atomic mass is 32.2. The normalized spacial score (nSPS) is 24.9. The second-order valence-electron chi connectivity index (χ2n) is 5.06. The summed E-state index contributed by atoms with van der Waals surface area (Å²) in [6.07, 6.45) is 4.29. The van der Waals surface area contributed by atoms with Crippen LogP contribution in [0.2, 0.25) is 0 Å². The van der Waals surface area contributed by atoms with Crippen molar-refractivity contribution in [3.05, 3.63) is 24.3 Å². The summed E-state index contributed by atoms with van der Waals surface area (Å²) in [5.41, 5.74) is 6.09. The second kappa shape index (κ2) is 5.28. The Bertz CT molecular complexity index is 513. The molecule has 0 bridgehead atoms. The highest BCUT2D eigenvalue weighted by molar-refractivity contribution is 7.89. The molecule has 0 saturated heterocycles. The van der Waals surface area contributed by atoms with Gasteiger partial charge in [0.05, 0.1) is 4.90 Å². The first kappa shape index (κ1) is 13.4. The Kier molecular flexibility index (Phi) is 3.92. The third-order valence-electron chi connectivity index (χ3n) is 3.59. The quantitative estimate of drug-likeness (QED) is 0.825. The summed E-state index contributed by atoms with van der Waals surface area (Å²) in [5, 5.41) is 0. The SMILES string of the molecule is C[C@H]1CCCC[C@@H]1NS(=O)(=O)c1cccc(N)c1. The van der Waals surface area contributed by atoms with Crippen LogP contribution in [-0.4, -0.2) is 14.5 Å². The molecule has 0 heterocycles. The Labute approximate surface area is 109 Å². The van der Waals surface area contributed by atoms with E-state index in [-0.39, 0.29) is 10.9 Å². The lowest BCUT2D eigenvalue weighted by atomic mass is 9.87. The topological polar surface area (TPSA) is 72.2 Å². The van der Waals surface area contributed by atoms with Gasteiger partial charge in [-0.1, -0.05) is 25.8 Å². The average molecular weight is 268 g/mol. The number of benzene rings is 1. The van der Waals surface area contributed by atoms with Gasteiger partial charge in [-0.2, -0.15) is 0 Å². The van der Waals surface area contributed by atoms with Crippen molar-refractivity contribution in [2.75, 3.05) is 5.73 Å². The number of anilines is 1. The maximum absolute atomic E-state index is 12.2. The minimum Gasteiger partial charge on any atom is -0.399 e. The molecule has 0 aliphatic heterocycles. The van der Waals surface area contributed by atoms with Gasteiger partial charge >= 0.3 is 0 Å². The average Bonchev–Trinajstić information content (AvgIpc) is 2.32. The molecule has 5 heteroatoms. The molecule has 4 nitrogen and oxygen atoms in total.